The highest BCUT2D eigenvalue weighted by Gasteiger charge is 2.08. The van der Waals surface area contributed by atoms with Crippen molar-refractivity contribution in [1.82, 2.24) is 0 Å². The van der Waals surface area contributed by atoms with Crippen molar-refractivity contribution in [2.75, 3.05) is 5.32 Å². The number of rotatable bonds is 3. The fourth-order valence-electron chi connectivity index (χ4n) is 1.77. The maximum absolute atomic E-state index is 8.91. The van der Waals surface area contributed by atoms with Crippen LogP contribution < -0.4 is 5.32 Å². The molecular formula is C15H12ClIN2. The smallest absolute Gasteiger partial charge is 0.0992 e. The van der Waals surface area contributed by atoms with Gasteiger partial charge in [-0.1, -0.05) is 23.7 Å². The number of nitrogens with one attached hydrogen (secondary N) is 1. The highest BCUT2D eigenvalue weighted by Crippen LogP contribution is 2.27. The first kappa shape index (κ1) is 14.2. The van der Waals surface area contributed by atoms with Crippen LogP contribution in [-0.2, 0) is 0 Å². The van der Waals surface area contributed by atoms with Crippen LogP contribution in [0.25, 0.3) is 0 Å². The zero-order chi connectivity index (χ0) is 13.8. The van der Waals surface area contributed by atoms with E-state index in [4.69, 9.17) is 16.9 Å². The molecule has 0 saturated heterocycles. The zero-order valence-electron chi connectivity index (χ0n) is 10.3. The summed E-state index contributed by atoms with van der Waals surface area (Å²) in [7, 11) is 0. The van der Waals surface area contributed by atoms with Gasteiger partial charge in [-0.05, 0) is 65.4 Å². The topological polar surface area (TPSA) is 35.8 Å². The van der Waals surface area contributed by atoms with Crippen LogP contribution in [0.1, 0.15) is 24.1 Å². The lowest BCUT2D eigenvalue weighted by Crippen LogP contribution is -2.07. The van der Waals surface area contributed by atoms with Gasteiger partial charge in [-0.15, -0.1) is 0 Å². The molecule has 2 rings (SSSR count). The second-order valence-electron chi connectivity index (χ2n) is 4.22. The predicted octanol–water partition coefficient (Wildman–Crippen LogP) is 4.99. The highest BCUT2D eigenvalue weighted by atomic mass is 127. The summed E-state index contributed by atoms with van der Waals surface area (Å²) in [5.41, 5.74) is 2.56. The molecule has 19 heavy (non-hydrogen) atoms. The van der Waals surface area contributed by atoms with Gasteiger partial charge in [0.15, 0.2) is 0 Å². The van der Waals surface area contributed by atoms with E-state index in [1.54, 1.807) is 18.2 Å². The van der Waals surface area contributed by atoms with E-state index in [0.717, 1.165) is 5.69 Å². The zero-order valence-corrected chi connectivity index (χ0v) is 13.2. The molecule has 0 saturated carbocycles. The second-order valence-corrected chi connectivity index (χ2v) is 5.88. The van der Waals surface area contributed by atoms with Gasteiger partial charge in [0.25, 0.3) is 0 Å². The third-order valence-corrected chi connectivity index (χ3v) is 3.89. The summed E-state index contributed by atoms with van der Waals surface area (Å²) in [6, 6.07) is 15.8. The van der Waals surface area contributed by atoms with E-state index in [9.17, 15) is 0 Å². The maximum atomic E-state index is 8.91. The van der Waals surface area contributed by atoms with Gasteiger partial charge in [0, 0.05) is 9.61 Å². The van der Waals surface area contributed by atoms with E-state index in [-0.39, 0.29) is 6.04 Å². The van der Waals surface area contributed by atoms with Crippen molar-refractivity contribution in [1.29, 1.82) is 5.26 Å². The van der Waals surface area contributed by atoms with Crippen molar-refractivity contribution in [2.24, 2.45) is 0 Å². The second kappa shape index (κ2) is 6.27. The first-order valence-corrected chi connectivity index (χ1v) is 7.27. The van der Waals surface area contributed by atoms with Gasteiger partial charge in [0.05, 0.1) is 22.3 Å². The normalized spacial score (nSPS) is 11.7. The van der Waals surface area contributed by atoms with Crippen LogP contribution >= 0.6 is 34.2 Å². The van der Waals surface area contributed by atoms with E-state index >= 15 is 0 Å². The molecule has 2 nitrogen and oxygen atoms in total. The lowest BCUT2D eigenvalue weighted by Gasteiger charge is -2.17. The number of nitriles is 1. The van der Waals surface area contributed by atoms with Crippen LogP contribution in [0.2, 0.25) is 5.02 Å². The largest absolute Gasteiger partial charge is 0.377 e. The summed E-state index contributed by atoms with van der Waals surface area (Å²) >= 11 is 8.42. The minimum Gasteiger partial charge on any atom is -0.377 e. The third kappa shape index (κ3) is 3.62. The SMILES string of the molecule is CC(Nc1cc(C#N)ccc1Cl)c1ccc(I)cc1. The number of hydrogen-bond donors (Lipinski definition) is 1. The average molecular weight is 383 g/mol. The maximum Gasteiger partial charge on any atom is 0.0992 e. The molecule has 1 atom stereocenters. The molecule has 0 aliphatic rings. The lowest BCUT2D eigenvalue weighted by atomic mass is 10.1. The third-order valence-electron chi connectivity index (χ3n) is 2.84. The molecule has 0 aromatic heterocycles. The summed E-state index contributed by atoms with van der Waals surface area (Å²) < 4.78 is 1.21. The molecule has 0 fully saturated rings. The molecule has 0 bridgehead atoms. The summed E-state index contributed by atoms with van der Waals surface area (Å²) in [5.74, 6) is 0. The number of benzene rings is 2. The van der Waals surface area contributed by atoms with Crippen molar-refractivity contribution in [3.05, 3.63) is 62.2 Å². The fourth-order valence-corrected chi connectivity index (χ4v) is 2.31. The van der Waals surface area contributed by atoms with Gasteiger partial charge in [-0.25, -0.2) is 0 Å². The van der Waals surface area contributed by atoms with Crippen LogP contribution in [0.15, 0.2) is 42.5 Å². The van der Waals surface area contributed by atoms with Crippen LogP contribution in [0.5, 0.6) is 0 Å². The van der Waals surface area contributed by atoms with Crippen molar-refractivity contribution in [3.63, 3.8) is 0 Å². The Kier molecular flexibility index (Phi) is 4.67. The van der Waals surface area contributed by atoms with Crippen molar-refractivity contribution < 1.29 is 0 Å². The molecule has 96 valence electrons. The van der Waals surface area contributed by atoms with E-state index in [1.165, 1.54) is 9.13 Å². The van der Waals surface area contributed by atoms with Gasteiger partial charge in [0.1, 0.15) is 0 Å². The molecule has 0 radical (unpaired) electrons. The minimum atomic E-state index is 0.128. The van der Waals surface area contributed by atoms with Crippen molar-refractivity contribution >= 4 is 39.9 Å². The Bertz CT molecular complexity index is 617. The van der Waals surface area contributed by atoms with Gasteiger partial charge in [0.2, 0.25) is 0 Å². The molecule has 0 aliphatic carbocycles. The van der Waals surface area contributed by atoms with Crippen LogP contribution in [0, 0.1) is 14.9 Å². The van der Waals surface area contributed by atoms with Crippen molar-refractivity contribution in [2.45, 2.75) is 13.0 Å². The summed E-state index contributed by atoms with van der Waals surface area (Å²) in [6.45, 7) is 2.07. The number of anilines is 1. The minimum absolute atomic E-state index is 0.128. The van der Waals surface area contributed by atoms with E-state index in [1.807, 2.05) is 0 Å². The van der Waals surface area contributed by atoms with E-state index in [2.05, 4.69) is 65.2 Å². The molecule has 0 amide bonds. The van der Waals surface area contributed by atoms with Crippen LogP contribution in [0.4, 0.5) is 5.69 Å². The number of halogens is 2. The standard InChI is InChI=1S/C15H12ClIN2/c1-10(12-3-5-13(17)6-4-12)19-15-8-11(9-18)2-7-14(15)16/h2-8,10,19H,1H3. The Balaban J connectivity index is 2.21. The Hall–Kier alpha value is -1.25. The van der Waals surface area contributed by atoms with Crippen molar-refractivity contribution in [3.8, 4) is 6.07 Å². The molecular weight excluding hydrogens is 371 g/mol. The molecule has 0 spiro atoms. The van der Waals surface area contributed by atoms with Crippen LogP contribution in [-0.4, -0.2) is 0 Å². The Labute approximate surface area is 131 Å². The predicted molar refractivity (Wildman–Crippen MR) is 87.4 cm³/mol. The molecule has 0 heterocycles. The summed E-state index contributed by atoms with van der Waals surface area (Å²) in [5, 5.41) is 12.9. The molecule has 0 aliphatic heterocycles. The van der Waals surface area contributed by atoms with E-state index in [0.29, 0.717) is 10.6 Å². The number of nitrogens with zero attached hydrogens (tertiary/aromatic N) is 1. The average Bonchev–Trinajstić information content (AvgIpc) is 2.42. The van der Waals surface area contributed by atoms with Gasteiger partial charge < -0.3 is 5.32 Å². The van der Waals surface area contributed by atoms with Gasteiger partial charge in [-0.2, -0.15) is 5.26 Å². The summed E-state index contributed by atoms with van der Waals surface area (Å²) in [6.07, 6.45) is 0. The van der Waals surface area contributed by atoms with Gasteiger partial charge >= 0.3 is 0 Å². The lowest BCUT2D eigenvalue weighted by molar-refractivity contribution is 0.884. The molecule has 1 unspecified atom stereocenters. The molecule has 2 aromatic rings. The highest BCUT2D eigenvalue weighted by molar-refractivity contribution is 14.1. The number of hydrogen-bond acceptors (Lipinski definition) is 2. The molecule has 1 N–H and O–H groups in total. The van der Waals surface area contributed by atoms with E-state index < -0.39 is 0 Å². The Morgan fingerprint density at radius 2 is 1.89 bits per heavy atom. The summed E-state index contributed by atoms with van der Waals surface area (Å²) in [4.78, 5) is 0. The first-order chi connectivity index (χ1) is 9.10. The Morgan fingerprint density at radius 3 is 2.53 bits per heavy atom. The fraction of sp³-hybridized carbons (Fsp3) is 0.133. The molecule has 4 heteroatoms. The first-order valence-electron chi connectivity index (χ1n) is 5.82. The van der Waals surface area contributed by atoms with Gasteiger partial charge in [-0.3, -0.25) is 0 Å². The Morgan fingerprint density at radius 1 is 1.21 bits per heavy atom. The van der Waals surface area contributed by atoms with Crippen LogP contribution in [0.3, 0.4) is 0 Å². The molecule has 2 aromatic carbocycles. The quantitative estimate of drug-likeness (QED) is 0.759. The monoisotopic (exact) mass is 382 g/mol.